The SMILES string of the molecule is CNc1ccnc(-c2ccnc(C)c2)c1. The highest BCUT2D eigenvalue weighted by Gasteiger charge is 2.00. The Labute approximate surface area is 89.2 Å². The molecule has 2 aromatic heterocycles. The molecule has 0 amide bonds. The first-order chi connectivity index (χ1) is 7.29. The second kappa shape index (κ2) is 4.09. The van der Waals surface area contributed by atoms with Crippen LogP contribution in [0.4, 0.5) is 5.69 Å². The van der Waals surface area contributed by atoms with E-state index in [9.17, 15) is 0 Å². The number of pyridine rings is 2. The predicted octanol–water partition coefficient (Wildman–Crippen LogP) is 2.49. The normalized spacial score (nSPS) is 10.0. The number of nitrogens with zero attached hydrogens (tertiary/aromatic N) is 2. The number of hydrogen-bond acceptors (Lipinski definition) is 3. The predicted molar refractivity (Wildman–Crippen MR) is 61.8 cm³/mol. The molecule has 0 spiro atoms. The van der Waals surface area contributed by atoms with Crippen molar-refractivity contribution in [3.63, 3.8) is 0 Å². The fourth-order valence-corrected chi connectivity index (χ4v) is 1.45. The monoisotopic (exact) mass is 199 g/mol. The molecule has 0 bridgehead atoms. The van der Waals surface area contributed by atoms with Gasteiger partial charge in [-0.1, -0.05) is 0 Å². The molecule has 3 nitrogen and oxygen atoms in total. The van der Waals surface area contributed by atoms with Crippen molar-refractivity contribution in [3.05, 3.63) is 42.4 Å². The summed E-state index contributed by atoms with van der Waals surface area (Å²) in [5.41, 5.74) is 4.13. The van der Waals surface area contributed by atoms with Crippen LogP contribution in [0.15, 0.2) is 36.7 Å². The van der Waals surface area contributed by atoms with Gasteiger partial charge in [-0.15, -0.1) is 0 Å². The van der Waals surface area contributed by atoms with E-state index in [1.54, 1.807) is 12.4 Å². The molecule has 15 heavy (non-hydrogen) atoms. The third-order valence-electron chi connectivity index (χ3n) is 2.24. The van der Waals surface area contributed by atoms with Crippen LogP contribution in [0.5, 0.6) is 0 Å². The molecule has 0 unspecified atom stereocenters. The maximum absolute atomic E-state index is 4.33. The van der Waals surface area contributed by atoms with Crippen LogP contribution in [0.2, 0.25) is 0 Å². The fraction of sp³-hybridized carbons (Fsp3) is 0.167. The van der Waals surface area contributed by atoms with Crippen molar-refractivity contribution in [1.29, 1.82) is 0 Å². The summed E-state index contributed by atoms with van der Waals surface area (Å²) >= 11 is 0. The van der Waals surface area contributed by atoms with Crippen molar-refractivity contribution in [3.8, 4) is 11.3 Å². The number of nitrogens with one attached hydrogen (secondary N) is 1. The van der Waals surface area contributed by atoms with Crippen LogP contribution in [-0.4, -0.2) is 17.0 Å². The maximum atomic E-state index is 4.33. The minimum atomic E-state index is 0.965. The van der Waals surface area contributed by atoms with E-state index in [4.69, 9.17) is 0 Å². The largest absolute Gasteiger partial charge is 0.388 e. The Morgan fingerprint density at radius 3 is 2.60 bits per heavy atom. The summed E-state index contributed by atoms with van der Waals surface area (Å²) in [7, 11) is 1.90. The van der Waals surface area contributed by atoms with E-state index in [1.165, 1.54) is 0 Å². The summed E-state index contributed by atoms with van der Waals surface area (Å²) in [6, 6.07) is 7.96. The van der Waals surface area contributed by atoms with Gasteiger partial charge in [-0.25, -0.2) is 0 Å². The molecule has 2 heterocycles. The number of aromatic nitrogens is 2. The lowest BCUT2D eigenvalue weighted by atomic mass is 10.1. The first kappa shape index (κ1) is 9.65. The van der Waals surface area contributed by atoms with Crippen LogP contribution in [0.25, 0.3) is 11.3 Å². The van der Waals surface area contributed by atoms with E-state index in [2.05, 4.69) is 15.3 Å². The molecule has 0 aliphatic carbocycles. The zero-order valence-electron chi connectivity index (χ0n) is 8.86. The number of hydrogen-bond donors (Lipinski definition) is 1. The van der Waals surface area contributed by atoms with Gasteiger partial charge in [0.25, 0.3) is 0 Å². The molecule has 76 valence electrons. The molecular formula is C12H13N3. The van der Waals surface area contributed by atoms with Crippen molar-refractivity contribution < 1.29 is 0 Å². The molecule has 0 aliphatic heterocycles. The third-order valence-corrected chi connectivity index (χ3v) is 2.24. The van der Waals surface area contributed by atoms with Crippen LogP contribution >= 0.6 is 0 Å². The van der Waals surface area contributed by atoms with E-state index in [1.807, 2.05) is 38.2 Å². The van der Waals surface area contributed by atoms with Crippen molar-refractivity contribution in [1.82, 2.24) is 9.97 Å². The smallest absolute Gasteiger partial charge is 0.0723 e. The van der Waals surface area contributed by atoms with Gasteiger partial charge in [0, 0.05) is 36.4 Å². The molecule has 0 aliphatic rings. The van der Waals surface area contributed by atoms with Crippen LogP contribution in [-0.2, 0) is 0 Å². The van der Waals surface area contributed by atoms with E-state index in [0.29, 0.717) is 0 Å². The third kappa shape index (κ3) is 2.13. The van der Waals surface area contributed by atoms with Crippen LogP contribution in [0.1, 0.15) is 5.69 Å². The number of anilines is 1. The molecule has 3 heteroatoms. The number of aryl methyl sites for hydroxylation is 1. The van der Waals surface area contributed by atoms with Crippen LogP contribution < -0.4 is 5.32 Å². The van der Waals surface area contributed by atoms with Crippen molar-refractivity contribution >= 4 is 5.69 Å². The molecular weight excluding hydrogens is 186 g/mol. The molecule has 0 saturated heterocycles. The summed E-state index contributed by atoms with van der Waals surface area (Å²) in [5.74, 6) is 0. The van der Waals surface area contributed by atoms with E-state index < -0.39 is 0 Å². The van der Waals surface area contributed by atoms with Gasteiger partial charge >= 0.3 is 0 Å². The zero-order chi connectivity index (χ0) is 10.7. The maximum Gasteiger partial charge on any atom is 0.0723 e. The standard InChI is InChI=1S/C12H13N3/c1-9-7-10(3-5-14-9)12-8-11(13-2)4-6-15-12/h3-8H,1-2H3,(H,13,15). The topological polar surface area (TPSA) is 37.8 Å². The van der Waals surface area contributed by atoms with E-state index in [-0.39, 0.29) is 0 Å². The summed E-state index contributed by atoms with van der Waals surface area (Å²) in [5, 5.41) is 3.10. The highest BCUT2D eigenvalue weighted by molar-refractivity contribution is 5.63. The van der Waals surface area contributed by atoms with Gasteiger partial charge in [0.2, 0.25) is 0 Å². The molecule has 0 radical (unpaired) electrons. The summed E-state index contributed by atoms with van der Waals surface area (Å²) in [6.07, 6.45) is 3.61. The first-order valence-corrected chi connectivity index (χ1v) is 4.86. The summed E-state index contributed by atoms with van der Waals surface area (Å²) < 4.78 is 0. The molecule has 0 saturated carbocycles. The second-order valence-corrected chi connectivity index (χ2v) is 3.37. The van der Waals surface area contributed by atoms with Gasteiger partial charge in [-0.3, -0.25) is 9.97 Å². The molecule has 0 atom stereocenters. The minimum absolute atomic E-state index is 0.965. The minimum Gasteiger partial charge on any atom is -0.388 e. The Morgan fingerprint density at radius 1 is 1.07 bits per heavy atom. The quantitative estimate of drug-likeness (QED) is 0.807. The molecule has 1 N–H and O–H groups in total. The van der Waals surface area contributed by atoms with Crippen molar-refractivity contribution in [2.75, 3.05) is 12.4 Å². The molecule has 2 rings (SSSR count). The summed E-state index contributed by atoms with van der Waals surface area (Å²) in [4.78, 5) is 8.50. The molecule has 0 fully saturated rings. The Bertz CT molecular complexity index is 466. The average Bonchev–Trinajstić information content (AvgIpc) is 2.29. The highest BCUT2D eigenvalue weighted by Crippen LogP contribution is 2.19. The molecule has 2 aromatic rings. The Hall–Kier alpha value is -1.90. The van der Waals surface area contributed by atoms with Gasteiger partial charge in [-0.05, 0) is 31.2 Å². The lowest BCUT2D eigenvalue weighted by molar-refractivity contribution is 1.19. The van der Waals surface area contributed by atoms with Gasteiger partial charge in [0.1, 0.15) is 0 Å². The fourth-order valence-electron chi connectivity index (χ4n) is 1.45. The van der Waals surface area contributed by atoms with Crippen molar-refractivity contribution in [2.24, 2.45) is 0 Å². The summed E-state index contributed by atoms with van der Waals surface area (Å²) in [6.45, 7) is 1.98. The average molecular weight is 199 g/mol. The first-order valence-electron chi connectivity index (χ1n) is 4.86. The molecule has 0 aromatic carbocycles. The van der Waals surface area contributed by atoms with Crippen LogP contribution in [0, 0.1) is 6.92 Å². The van der Waals surface area contributed by atoms with Crippen molar-refractivity contribution in [2.45, 2.75) is 6.92 Å². The van der Waals surface area contributed by atoms with Gasteiger partial charge in [-0.2, -0.15) is 0 Å². The lowest BCUT2D eigenvalue weighted by Gasteiger charge is -2.04. The van der Waals surface area contributed by atoms with Gasteiger partial charge in [0.15, 0.2) is 0 Å². The lowest BCUT2D eigenvalue weighted by Crippen LogP contribution is -1.91. The Balaban J connectivity index is 2.44. The number of rotatable bonds is 2. The Kier molecular flexibility index (Phi) is 2.63. The van der Waals surface area contributed by atoms with E-state index >= 15 is 0 Å². The van der Waals surface area contributed by atoms with Gasteiger partial charge in [0.05, 0.1) is 5.69 Å². The van der Waals surface area contributed by atoms with E-state index in [0.717, 1.165) is 22.6 Å². The zero-order valence-corrected chi connectivity index (χ0v) is 8.86. The highest BCUT2D eigenvalue weighted by atomic mass is 14.8. The second-order valence-electron chi connectivity index (χ2n) is 3.37. The van der Waals surface area contributed by atoms with Gasteiger partial charge < -0.3 is 5.32 Å². The Morgan fingerprint density at radius 2 is 1.87 bits per heavy atom. The van der Waals surface area contributed by atoms with Crippen LogP contribution in [0.3, 0.4) is 0 Å².